The molecule has 0 radical (unpaired) electrons. The Bertz CT molecular complexity index is 868. The third-order valence-electron chi connectivity index (χ3n) is 4.17. The van der Waals surface area contributed by atoms with E-state index in [1.165, 1.54) is 14.0 Å². The van der Waals surface area contributed by atoms with E-state index < -0.39 is 17.9 Å². The minimum absolute atomic E-state index is 0.0983. The monoisotopic (exact) mass is 369 g/mol. The second-order valence-corrected chi connectivity index (χ2v) is 6.52. The molecule has 0 saturated carbocycles. The molecule has 0 aromatic heterocycles. The van der Waals surface area contributed by atoms with Gasteiger partial charge in [-0.25, -0.2) is 4.79 Å². The summed E-state index contributed by atoms with van der Waals surface area (Å²) in [7, 11) is 1.47. The lowest BCUT2D eigenvalue weighted by atomic mass is 10.0. The number of carbonyl (C=O) groups is 3. The fraction of sp³-hybridized carbons (Fsp3) is 0.286. The lowest BCUT2D eigenvalue weighted by molar-refractivity contribution is -0.142. The summed E-state index contributed by atoms with van der Waals surface area (Å²) >= 11 is 0. The van der Waals surface area contributed by atoms with E-state index in [0.29, 0.717) is 22.4 Å². The van der Waals surface area contributed by atoms with Crippen molar-refractivity contribution in [3.63, 3.8) is 0 Å². The molecule has 1 atom stereocenters. The summed E-state index contributed by atoms with van der Waals surface area (Å²) in [5.41, 5.74) is 3.33. The molecule has 0 aliphatic carbocycles. The van der Waals surface area contributed by atoms with Crippen molar-refractivity contribution in [3.05, 3.63) is 64.2 Å². The van der Waals surface area contributed by atoms with Gasteiger partial charge in [-0.05, 0) is 44.5 Å². The van der Waals surface area contributed by atoms with Gasteiger partial charge in [-0.3, -0.25) is 9.59 Å². The van der Waals surface area contributed by atoms with Crippen LogP contribution >= 0.6 is 0 Å². The largest absolute Gasteiger partial charge is 0.496 e. The number of aryl methyl sites for hydroxylation is 2. The van der Waals surface area contributed by atoms with E-state index in [-0.39, 0.29) is 12.2 Å². The van der Waals surface area contributed by atoms with Crippen LogP contribution < -0.4 is 10.1 Å². The van der Waals surface area contributed by atoms with Crippen molar-refractivity contribution >= 4 is 17.7 Å². The molecule has 1 amide bonds. The zero-order valence-corrected chi connectivity index (χ0v) is 15.8. The first-order chi connectivity index (χ1) is 12.7. The van der Waals surface area contributed by atoms with Crippen molar-refractivity contribution in [3.8, 4) is 5.75 Å². The highest BCUT2D eigenvalue weighted by Gasteiger charge is 2.23. The van der Waals surface area contributed by atoms with Crippen LogP contribution in [0.15, 0.2) is 36.4 Å². The molecule has 6 heteroatoms. The van der Waals surface area contributed by atoms with Crippen LogP contribution in [0.3, 0.4) is 0 Å². The number of aliphatic carboxylic acids is 1. The highest BCUT2D eigenvalue weighted by atomic mass is 16.5. The highest BCUT2D eigenvalue weighted by molar-refractivity contribution is 5.95. The molecule has 0 aliphatic rings. The lowest BCUT2D eigenvalue weighted by Crippen LogP contribution is -2.35. The third-order valence-corrected chi connectivity index (χ3v) is 4.17. The van der Waals surface area contributed by atoms with Crippen LogP contribution in [0.5, 0.6) is 5.75 Å². The number of benzene rings is 2. The molecule has 27 heavy (non-hydrogen) atoms. The van der Waals surface area contributed by atoms with E-state index in [0.717, 1.165) is 11.1 Å². The van der Waals surface area contributed by atoms with Crippen LogP contribution in [0.1, 0.15) is 45.6 Å². The van der Waals surface area contributed by atoms with E-state index in [1.54, 1.807) is 30.3 Å². The Hall–Kier alpha value is -3.15. The van der Waals surface area contributed by atoms with Gasteiger partial charge in [0.25, 0.3) is 0 Å². The van der Waals surface area contributed by atoms with E-state index in [9.17, 15) is 19.5 Å². The van der Waals surface area contributed by atoms with Crippen molar-refractivity contribution in [1.29, 1.82) is 0 Å². The second-order valence-electron chi connectivity index (χ2n) is 6.52. The van der Waals surface area contributed by atoms with E-state index in [1.807, 2.05) is 19.9 Å². The van der Waals surface area contributed by atoms with Gasteiger partial charge >= 0.3 is 5.97 Å². The normalized spacial score (nSPS) is 11.6. The number of ether oxygens (including phenoxy) is 1. The molecule has 2 N–H and O–H groups in total. The zero-order valence-electron chi connectivity index (χ0n) is 15.8. The molecule has 0 aliphatic heterocycles. The molecule has 1 unspecified atom stereocenters. The smallest absolute Gasteiger partial charge is 0.330 e. The molecule has 0 saturated heterocycles. The topological polar surface area (TPSA) is 92.7 Å². The first kappa shape index (κ1) is 20.2. The molecule has 142 valence electrons. The SMILES string of the molecule is COc1ccc(C(C)=O)cc1CC(=O)NC(C(=O)O)c1cc(C)cc(C)c1. The van der Waals surface area contributed by atoms with E-state index >= 15 is 0 Å². The number of carboxylic acids is 1. The average Bonchev–Trinajstić information content (AvgIpc) is 2.58. The summed E-state index contributed by atoms with van der Waals surface area (Å²) in [5, 5.41) is 12.1. The molecule has 0 bridgehead atoms. The van der Waals surface area contributed by atoms with Crippen LogP contribution in [0.25, 0.3) is 0 Å². The highest BCUT2D eigenvalue weighted by Crippen LogP contribution is 2.22. The molecule has 2 rings (SSSR count). The maximum absolute atomic E-state index is 12.5. The standard InChI is InChI=1S/C21H23NO5/c1-12-7-13(2)9-17(8-12)20(21(25)26)22-19(24)11-16-10-15(14(3)23)5-6-18(16)27-4/h5-10,20H,11H2,1-4H3,(H,22,24)(H,25,26). The maximum atomic E-state index is 12.5. The summed E-state index contributed by atoms with van der Waals surface area (Å²) in [6.45, 7) is 5.18. The summed E-state index contributed by atoms with van der Waals surface area (Å²) in [6, 6.07) is 9.09. The average molecular weight is 369 g/mol. The number of carboxylic acid groups (broad SMARTS) is 1. The Kier molecular flexibility index (Phi) is 6.34. The predicted molar refractivity (Wildman–Crippen MR) is 101 cm³/mol. The van der Waals surface area contributed by atoms with Gasteiger partial charge in [0.15, 0.2) is 11.8 Å². The molecule has 0 heterocycles. The number of amides is 1. The second kappa shape index (κ2) is 8.49. The van der Waals surface area contributed by atoms with Gasteiger partial charge in [0.1, 0.15) is 5.75 Å². The minimum Gasteiger partial charge on any atom is -0.496 e. The van der Waals surface area contributed by atoms with Crippen molar-refractivity contribution in [1.82, 2.24) is 5.32 Å². The Balaban J connectivity index is 2.25. The number of Topliss-reactive ketones (excluding diaryl/α,β-unsaturated/α-hetero) is 1. The quantitative estimate of drug-likeness (QED) is 0.732. The number of hydrogen-bond acceptors (Lipinski definition) is 4. The van der Waals surface area contributed by atoms with E-state index in [2.05, 4.69) is 5.32 Å². The summed E-state index contributed by atoms with van der Waals surface area (Å²) < 4.78 is 5.24. The van der Waals surface area contributed by atoms with E-state index in [4.69, 9.17) is 4.74 Å². The molecular formula is C21H23NO5. The number of ketones is 1. The van der Waals surface area contributed by atoms with Gasteiger partial charge < -0.3 is 15.2 Å². The van der Waals surface area contributed by atoms with Crippen LogP contribution in [0.4, 0.5) is 0 Å². The predicted octanol–water partition coefficient (Wildman–Crippen LogP) is 3.00. The van der Waals surface area contributed by atoms with Crippen LogP contribution in [0.2, 0.25) is 0 Å². The summed E-state index contributed by atoms with van der Waals surface area (Å²) in [5.74, 6) is -1.27. The number of hydrogen-bond donors (Lipinski definition) is 2. The Morgan fingerprint density at radius 2 is 1.70 bits per heavy atom. The number of methoxy groups -OCH3 is 1. The molecular weight excluding hydrogens is 346 g/mol. The summed E-state index contributed by atoms with van der Waals surface area (Å²) in [4.78, 5) is 35.8. The Morgan fingerprint density at radius 1 is 1.07 bits per heavy atom. The number of carbonyl (C=O) groups excluding carboxylic acids is 2. The van der Waals surface area contributed by atoms with Gasteiger partial charge in [-0.2, -0.15) is 0 Å². The summed E-state index contributed by atoms with van der Waals surface area (Å²) in [6.07, 6.45) is -0.0983. The maximum Gasteiger partial charge on any atom is 0.330 e. The van der Waals surface area contributed by atoms with Crippen LogP contribution in [-0.4, -0.2) is 29.9 Å². The zero-order chi connectivity index (χ0) is 20.1. The van der Waals surface area contributed by atoms with Crippen LogP contribution in [0, 0.1) is 13.8 Å². The van der Waals surface area contributed by atoms with Gasteiger partial charge in [-0.1, -0.05) is 29.3 Å². The molecule has 2 aromatic carbocycles. The lowest BCUT2D eigenvalue weighted by Gasteiger charge is -2.17. The van der Waals surface area contributed by atoms with Crippen molar-refractivity contribution in [2.45, 2.75) is 33.2 Å². The van der Waals surface area contributed by atoms with Gasteiger partial charge in [-0.15, -0.1) is 0 Å². The number of rotatable bonds is 7. The molecule has 6 nitrogen and oxygen atoms in total. The third kappa shape index (κ3) is 5.17. The first-order valence-electron chi connectivity index (χ1n) is 8.49. The van der Waals surface area contributed by atoms with Gasteiger partial charge in [0.2, 0.25) is 5.91 Å². The van der Waals surface area contributed by atoms with Crippen molar-refractivity contribution in [2.24, 2.45) is 0 Å². The molecule has 0 spiro atoms. The number of nitrogens with one attached hydrogen (secondary N) is 1. The van der Waals surface area contributed by atoms with Crippen LogP contribution in [-0.2, 0) is 16.0 Å². The van der Waals surface area contributed by atoms with Crippen molar-refractivity contribution in [2.75, 3.05) is 7.11 Å². The first-order valence-corrected chi connectivity index (χ1v) is 8.49. The van der Waals surface area contributed by atoms with Gasteiger partial charge in [0.05, 0.1) is 13.5 Å². The Morgan fingerprint density at radius 3 is 2.22 bits per heavy atom. The minimum atomic E-state index is -1.15. The molecule has 2 aromatic rings. The Labute approximate surface area is 158 Å². The van der Waals surface area contributed by atoms with Gasteiger partial charge in [0, 0.05) is 11.1 Å². The fourth-order valence-electron chi connectivity index (χ4n) is 2.98. The fourth-order valence-corrected chi connectivity index (χ4v) is 2.98. The molecule has 0 fully saturated rings. The van der Waals surface area contributed by atoms with Crippen molar-refractivity contribution < 1.29 is 24.2 Å².